The first-order valence-electron chi connectivity index (χ1n) is 4.44. The van der Waals surface area contributed by atoms with Crippen LogP contribution in [0, 0.1) is 0 Å². The first kappa shape index (κ1) is 15.4. The number of aliphatic hydroxyl groups excluding tert-OH is 2. The molecular weight excluding hydrogens is 252 g/mol. The molecule has 0 fully saturated rings. The Morgan fingerprint density at radius 2 is 1.47 bits per heavy atom. The van der Waals surface area contributed by atoms with Gasteiger partial charge in [-0.3, -0.25) is 0 Å². The minimum atomic E-state index is -1.05. The molecule has 0 heterocycles. The largest absolute Gasteiger partial charge is 0.478 e. The third-order valence-corrected chi connectivity index (χ3v) is 1.68. The second kappa shape index (κ2) is 8.51. The van der Waals surface area contributed by atoms with Crippen LogP contribution in [-0.2, 0) is 4.29 Å². The van der Waals surface area contributed by atoms with Crippen molar-refractivity contribution in [2.75, 3.05) is 13.2 Å². The average molecular weight is 263 g/mol. The molecule has 0 atom stereocenters. The van der Waals surface area contributed by atoms with Crippen LogP contribution in [-0.4, -0.2) is 40.5 Å². The monoisotopic (exact) mass is 262 g/mol. The molecule has 3 N–H and O–H groups in total. The predicted molar refractivity (Wildman–Crippen MR) is 58.8 cm³/mol. The van der Waals surface area contributed by atoms with E-state index < -0.39 is 11.9 Å². The van der Waals surface area contributed by atoms with Gasteiger partial charge in [-0.15, -0.1) is 0 Å². The summed E-state index contributed by atoms with van der Waals surface area (Å²) in [5.41, 5.74) is 0.311. The van der Waals surface area contributed by atoms with E-state index >= 15 is 0 Å². The molecule has 1 rings (SSSR count). The van der Waals surface area contributed by atoms with Crippen molar-refractivity contribution in [3.63, 3.8) is 0 Å². The van der Waals surface area contributed by atoms with Gasteiger partial charge < -0.3 is 19.6 Å². The van der Waals surface area contributed by atoms with Gasteiger partial charge in [0.05, 0.1) is 24.3 Å². The molecule has 0 spiro atoms. The number of hydrogen-bond acceptors (Lipinski definition) is 5. The molecule has 0 unspecified atom stereocenters. The van der Waals surface area contributed by atoms with Gasteiger partial charge >= 0.3 is 11.9 Å². The normalized spacial score (nSPS) is 8.88. The third-order valence-electron chi connectivity index (χ3n) is 1.54. The van der Waals surface area contributed by atoms with Crippen molar-refractivity contribution in [2.24, 2.45) is 0 Å². The number of rotatable bonds is 3. The Hall–Kier alpha value is -1.63. The van der Waals surface area contributed by atoms with Crippen molar-refractivity contribution in [3.05, 3.63) is 35.4 Å². The Morgan fingerprint density at radius 3 is 1.76 bits per heavy atom. The van der Waals surface area contributed by atoms with E-state index in [4.69, 9.17) is 27.2 Å². The Balaban J connectivity index is 0.000000557. The fourth-order valence-electron chi connectivity index (χ4n) is 0.793. The number of carboxylic acid groups (broad SMARTS) is 1. The van der Waals surface area contributed by atoms with Crippen LogP contribution in [0.5, 0.6) is 0 Å². The zero-order valence-corrected chi connectivity index (χ0v) is 9.42. The molecule has 0 amide bonds. The maximum atomic E-state index is 10.8. The summed E-state index contributed by atoms with van der Waals surface area (Å²) in [5.74, 6) is -1.76. The molecule has 0 radical (unpaired) electrons. The molecule has 17 heavy (non-hydrogen) atoms. The molecule has 1 aromatic carbocycles. The van der Waals surface area contributed by atoms with Crippen LogP contribution in [0.15, 0.2) is 24.3 Å². The van der Waals surface area contributed by atoms with Crippen LogP contribution in [0.2, 0.25) is 0 Å². The zero-order valence-electron chi connectivity index (χ0n) is 8.67. The SMILES string of the molecule is O=C(O)c1ccc(C(=O)OCl)cc1.OCCO. The van der Waals surface area contributed by atoms with Crippen molar-refractivity contribution in [2.45, 2.75) is 0 Å². The minimum absolute atomic E-state index is 0.103. The van der Waals surface area contributed by atoms with Crippen LogP contribution in [0.3, 0.4) is 0 Å². The zero-order chi connectivity index (χ0) is 13.3. The average Bonchev–Trinajstić information content (AvgIpc) is 2.38. The number of aromatic carboxylic acids is 1. The van der Waals surface area contributed by atoms with Crippen molar-refractivity contribution in [3.8, 4) is 0 Å². The summed E-state index contributed by atoms with van der Waals surface area (Å²) in [6.07, 6.45) is 0. The molecular formula is C10H11ClO6. The lowest BCUT2D eigenvalue weighted by molar-refractivity contribution is 0.0693. The van der Waals surface area contributed by atoms with Crippen LogP contribution in [0.1, 0.15) is 20.7 Å². The lowest BCUT2D eigenvalue weighted by Crippen LogP contribution is -2.00. The Morgan fingerprint density at radius 1 is 1.06 bits per heavy atom. The van der Waals surface area contributed by atoms with Crippen molar-refractivity contribution in [1.29, 1.82) is 0 Å². The molecule has 0 aliphatic rings. The number of carbonyl (C=O) groups excluding carboxylic acids is 1. The Bertz CT molecular complexity index is 360. The fourth-order valence-corrected chi connectivity index (χ4v) is 0.883. The number of hydrogen-bond donors (Lipinski definition) is 3. The van der Waals surface area contributed by atoms with Crippen LogP contribution in [0.25, 0.3) is 0 Å². The first-order chi connectivity index (χ1) is 8.06. The topological polar surface area (TPSA) is 104 Å². The maximum Gasteiger partial charge on any atom is 0.356 e. The van der Waals surface area contributed by atoms with Crippen LogP contribution in [0.4, 0.5) is 0 Å². The molecule has 0 aliphatic heterocycles. The van der Waals surface area contributed by atoms with Crippen molar-refractivity contribution >= 4 is 23.8 Å². The number of halogens is 1. The first-order valence-corrected chi connectivity index (χ1v) is 4.75. The minimum Gasteiger partial charge on any atom is -0.478 e. The van der Waals surface area contributed by atoms with Gasteiger partial charge in [0.2, 0.25) is 0 Å². The summed E-state index contributed by atoms with van der Waals surface area (Å²) in [5, 5.41) is 23.8. The highest BCUT2D eigenvalue weighted by Gasteiger charge is 2.07. The molecule has 6 nitrogen and oxygen atoms in total. The summed E-state index contributed by atoms with van der Waals surface area (Å²) in [6.45, 7) is -0.250. The van der Waals surface area contributed by atoms with Gasteiger partial charge in [0.25, 0.3) is 0 Å². The summed E-state index contributed by atoms with van der Waals surface area (Å²) in [6, 6.07) is 5.25. The van der Waals surface area contributed by atoms with Gasteiger partial charge in [0, 0.05) is 0 Å². The number of carboxylic acids is 1. The van der Waals surface area contributed by atoms with E-state index in [9.17, 15) is 9.59 Å². The van der Waals surface area contributed by atoms with E-state index in [2.05, 4.69) is 4.29 Å². The molecule has 0 aliphatic carbocycles. The van der Waals surface area contributed by atoms with E-state index in [1.54, 1.807) is 0 Å². The third kappa shape index (κ3) is 5.86. The van der Waals surface area contributed by atoms with Gasteiger partial charge in [-0.25, -0.2) is 9.59 Å². The van der Waals surface area contributed by atoms with Crippen LogP contribution < -0.4 is 0 Å². The Labute approximate surface area is 102 Å². The second-order valence-electron chi connectivity index (χ2n) is 2.69. The van der Waals surface area contributed by atoms with E-state index in [0.29, 0.717) is 0 Å². The quantitative estimate of drug-likeness (QED) is 0.739. The van der Waals surface area contributed by atoms with Gasteiger partial charge in [0.1, 0.15) is 11.9 Å². The van der Waals surface area contributed by atoms with Crippen LogP contribution >= 0.6 is 11.9 Å². The number of aliphatic hydroxyl groups is 2. The summed E-state index contributed by atoms with van der Waals surface area (Å²) in [4.78, 5) is 21.2. The van der Waals surface area contributed by atoms with Gasteiger partial charge in [-0.1, -0.05) is 0 Å². The molecule has 1 aromatic rings. The molecule has 94 valence electrons. The highest BCUT2D eigenvalue weighted by atomic mass is 35.5. The van der Waals surface area contributed by atoms with Gasteiger partial charge in [-0.05, 0) is 24.3 Å². The second-order valence-corrected chi connectivity index (χ2v) is 2.85. The predicted octanol–water partition coefficient (Wildman–Crippen LogP) is 0.666. The van der Waals surface area contributed by atoms with Crippen molar-refractivity contribution in [1.82, 2.24) is 0 Å². The summed E-state index contributed by atoms with van der Waals surface area (Å²) < 4.78 is 3.92. The van der Waals surface area contributed by atoms with Gasteiger partial charge in [0.15, 0.2) is 0 Å². The molecule has 0 bridgehead atoms. The standard InChI is InChI=1S/C8H5ClO4.C2H6O2/c9-13-8(12)6-3-1-5(2-4-6)7(10)11;3-1-2-4/h1-4H,(H,10,11);3-4H,1-2H2. The smallest absolute Gasteiger partial charge is 0.356 e. The lowest BCUT2D eigenvalue weighted by Gasteiger charge is -1.96. The number of benzene rings is 1. The van der Waals surface area contributed by atoms with E-state index in [1.807, 2.05) is 0 Å². The van der Waals surface area contributed by atoms with Gasteiger partial charge in [-0.2, -0.15) is 0 Å². The highest BCUT2D eigenvalue weighted by molar-refractivity contribution is 6.15. The van der Waals surface area contributed by atoms with Crippen molar-refractivity contribution < 1.29 is 29.2 Å². The molecule has 0 saturated heterocycles. The molecule has 0 saturated carbocycles. The lowest BCUT2D eigenvalue weighted by atomic mass is 10.1. The maximum absolute atomic E-state index is 10.8. The number of carbonyl (C=O) groups is 2. The summed E-state index contributed by atoms with van der Waals surface area (Å²) in [7, 11) is 0. The highest BCUT2D eigenvalue weighted by Crippen LogP contribution is 2.06. The summed E-state index contributed by atoms with van der Waals surface area (Å²) >= 11 is 4.82. The fraction of sp³-hybridized carbons (Fsp3) is 0.200. The van der Waals surface area contributed by atoms with E-state index in [-0.39, 0.29) is 24.3 Å². The van der Waals surface area contributed by atoms with E-state index in [0.717, 1.165) is 0 Å². The molecule has 0 aromatic heterocycles. The van der Waals surface area contributed by atoms with E-state index in [1.165, 1.54) is 24.3 Å². The molecule has 7 heteroatoms. The Kier molecular flexibility index (Phi) is 7.70.